The molecular weight excluding hydrogens is 286 g/mol. The molecule has 0 aliphatic carbocycles. The van der Waals surface area contributed by atoms with E-state index in [-0.39, 0.29) is 36.0 Å². The van der Waals surface area contributed by atoms with Gasteiger partial charge >= 0.3 is 0 Å². The lowest BCUT2D eigenvalue weighted by Gasteiger charge is -2.33. The first kappa shape index (κ1) is 16.6. The Morgan fingerprint density at radius 3 is 2.38 bits per heavy atom. The maximum Gasteiger partial charge on any atom is 0.226 e. The minimum absolute atomic E-state index is 0.00435. The van der Waals surface area contributed by atoms with Crippen LogP contribution in [0, 0.1) is 11.8 Å². The van der Waals surface area contributed by atoms with Gasteiger partial charge in [0.2, 0.25) is 5.91 Å². The standard InChI is InChI=1S/C15H27N3O2S/c1-9-10(2)20-11(3)14(9)15(19)17-12-4-6-18(7-5-12)8-13(16)21/h9-12,14H,4-8H2,1-3H3,(H2,16,21)(H,17,19). The molecule has 2 saturated heterocycles. The molecule has 120 valence electrons. The number of nitrogens with one attached hydrogen (secondary N) is 1. The van der Waals surface area contributed by atoms with Crippen molar-refractivity contribution in [2.45, 2.75) is 51.9 Å². The highest BCUT2D eigenvalue weighted by Gasteiger charge is 2.42. The van der Waals surface area contributed by atoms with Crippen molar-refractivity contribution in [1.29, 1.82) is 0 Å². The number of carbonyl (C=O) groups excluding carboxylic acids is 1. The number of ether oxygens (including phenoxy) is 1. The molecule has 21 heavy (non-hydrogen) atoms. The summed E-state index contributed by atoms with van der Waals surface area (Å²) in [4.78, 5) is 15.3. The van der Waals surface area contributed by atoms with Crippen molar-refractivity contribution in [3.05, 3.63) is 0 Å². The lowest BCUT2D eigenvalue weighted by atomic mass is 9.88. The molecule has 2 aliphatic heterocycles. The van der Waals surface area contributed by atoms with Gasteiger partial charge in [0.15, 0.2) is 0 Å². The molecule has 0 bridgehead atoms. The second kappa shape index (κ2) is 7.03. The van der Waals surface area contributed by atoms with Crippen LogP contribution in [0.5, 0.6) is 0 Å². The van der Waals surface area contributed by atoms with E-state index < -0.39 is 0 Å². The van der Waals surface area contributed by atoms with Gasteiger partial charge in [-0.1, -0.05) is 19.1 Å². The Balaban J connectivity index is 1.81. The SMILES string of the molecule is CC1OC(C)C(C(=O)NC2CCN(CC(N)=S)CC2)C1C. The van der Waals surface area contributed by atoms with Gasteiger partial charge in [-0.2, -0.15) is 0 Å². The summed E-state index contributed by atoms with van der Waals surface area (Å²) in [6, 6.07) is 0.260. The zero-order chi connectivity index (χ0) is 15.6. The van der Waals surface area contributed by atoms with Gasteiger partial charge in [0, 0.05) is 25.7 Å². The van der Waals surface area contributed by atoms with Crippen LogP contribution < -0.4 is 11.1 Å². The smallest absolute Gasteiger partial charge is 0.226 e. The summed E-state index contributed by atoms with van der Waals surface area (Å²) in [5.74, 6) is 0.386. The number of carbonyl (C=O) groups is 1. The van der Waals surface area contributed by atoms with E-state index in [2.05, 4.69) is 17.1 Å². The molecule has 4 unspecified atom stereocenters. The number of amides is 1. The fourth-order valence-electron chi connectivity index (χ4n) is 3.47. The number of nitrogens with two attached hydrogens (primary N) is 1. The van der Waals surface area contributed by atoms with Crippen LogP contribution in [0.3, 0.4) is 0 Å². The first-order valence-corrected chi connectivity index (χ1v) is 8.25. The highest BCUT2D eigenvalue weighted by Crippen LogP contribution is 2.32. The maximum absolute atomic E-state index is 12.5. The number of rotatable bonds is 4. The first-order chi connectivity index (χ1) is 9.88. The Bertz CT molecular complexity index is 396. The van der Waals surface area contributed by atoms with Gasteiger partial charge in [-0.25, -0.2) is 0 Å². The van der Waals surface area contributed by atoms with Gasteiger partial charge < -0.3 is 15.8 Å². The van der Waals surface area contributed by atoms with E-state index in [0.717, 1.165) is 25.9 Å². The highest BCUT2D eigenvalue weighted by atomic mass is 32.1. The van der Waals surface area contributed by atoms with Gasteiger partial charge in [0.25, 0.3) is 0 Å². The zero-order valence-corrected chi connectivity index (χ0v) is 14.0. The van der Waals surface area contributed by atoms with Gasteiger partial charge in [-0.3, -0.25) is 9.69 Å². The van der Waals surface area contributed by atoms with E-state index in [1.165, 1.54) is 0 Å². The van der Waals surface area contributed by atoms with Crippen molar-refractivity contribution >= 4 is 23.1 Å². The van der Waals surface area contributed by atoms with Crippen molar-refractivity contribution in [2.24, 2.45) is 17.6 Å². The molecule has 2 rings (SSSR count). The summed E-state index contributed by atoms with van der Waals surface area (Å²) in [6.07, 6.45) is 2.08. The van der Waals surface area contributed by atoms with Crippen LogP contribution in [0.4, 0.5) is 0 Å². The van der Waals surface area contributed by atoms with Crippen LogP contribution in [-0.2, 0) is 9.53 Å². The monoisotopic (exact) mass is 313 g/mol. The molecule has 0 radical (unpaired) electrons. The average molecular weight is 313 g/mol. The number of nitrogens with zero attached hydrogens (tertiary/aromatic N) is 1. The second-order valence-electron chi connectivity index (χ2n) is 6.46. The Kier molecular flexibility index (Phi) is 5.57. The van der Waals surface area contributed by atoms with Crippen molar-refractivity contribution < 1.29 is 9.53 Å². The lowest BCUT2D eigenvalue weighted by Crippen LogP contribution is -2.49. The molecule has 3 N–H and O–H groups in total. The van der Waals surface area contributed by atoms with Crippen LogP contribution >= 0.6 is 12.2 Å². The third-order valence-corrected chi connectivity index (χ3v) is 4.99. The third kappa shape index (κ3) is 4.14. The number of piperidine rings is 1. The molecule has 2 aliphatic rings. The predicted molar refractivity (Wildman–Crippen MR) is 87.1 cm³/mol. The van der Waals surface area contributed by atoms with E-state index in [1.54, 1.807) is 0 Å². The molecule has 5 nitrogen and oxygen atoms in total. The number of hydrogen-bond donors (Lipinski definition) is 2. The van der Waals surface area contributed by atoms with Gasteiger partial charge in [-0.05, 0) is 32.6 Å². The molecule has 2 heterocycles. The summed E-state index contributed by atoms with van der Waals surface area (Å²) in [6.45, 7) is 8.69. The largest absolute Gasteiger partial charge is 0.392 e. The fraction of sp³-hybridized carbons (Fsp3) is 0.867. The van der Waals surface area contributed by atoms with Crippen molar-refractivity contribution in [3.63, 3.8) is 0 Å². The summed E-state index contributed by atoms with van der Waals surface area (Å²) < 4.78 is 5.76. The zero-order valence-electron chi connectivity index (χ0n) is 13.2. The Labute approximate surface area is 132 Å². The van der Waals surface area contributed by atoms with Crippen LogP contribution in [0.2, 0.25) is 0 Å². The quantitative estimate of drug-likeness (QED) is 0.755. The van der Waals surface area contributed by atoms with Gasteiger partial charge in [-0.15, -0.1) is 0 Å². The van der Waals surface area contributed by atoms with E-state index in [1.807, 2.05) is 13.8 Å². The molecule has 1 amide bonds. The molecule has 0 aromatic carbocycles. The minimum Gasteiger partial charge on any atom is -0.392 e. The van der Waals surface area contributed by atoms with Crippen LogP contribution in [0.1, 0.15) is 33.6 Å². The second-order valence-corrected chi connectivity index (χ2v) is 6.98. The topological polar surface area (TPSA) is 67.6 Å². The summed E-state index contributed by atoms with van der Waals surface area (Å²) >= 11 is 4.94. The highest BCUT2D eigenvalue weighted by molar-refractivity contribution is 7.80. The molecule has 0 spiro atoms. The van der Waals surface area contributed by atoms with Gasteiger partial charge in [0.1, 0.15) is 0 Å². The summed E-state index contributed by atoms with van der Waals surface area (Å²) in [5.41, 5.74) is 5.57. The Morgan fingerprint density at radius 2 is 1.90 bits per heavy atom. The number of likely N-dealkylation sites (tertiary alicyclic amines) is 1. The molecule has 0 aromatic rings. The van der Waals surface area contributed by atoms with Crippen LogP contribution in [-0.4, -0.2) is 53.7 Å². The van der Waals surface area contributed by atoms with Crippen molar-refractivity contribution in [3.8, 4) is 0 Å². The molecule has 2 fully saturated rings. The number of hydrogen-bond acceptors (Lipinski definition) is 4. The molecule has 4 atom stereocenters. The Morgan fingerprint density at radius 1 is 1.29 bits per heavy atom. The average Bonchev–Trinajstić information content (AvgIpc) is 2.65. The molecule has 0 saturated carbocycles. The number of thiocarbonyl (C=S) groups is 1. The van der Waals surface area contributed by atoms with E-state index in [0.29, 0.717) is 11.5 Å². The van der Waals surface area contributed by atoms with Crippen molar-refractivity contribution in [2.75, 3.05) is 19.6 Å². The van der Waals surface area contributed by atoms with Gasteiger partial charge in [0.05, 0.1) is 23.1 Å². The predicted octanol–water partition coefficient (Wildman–Crippen LogP) is 0.913. The molecule has 0 aromatic heterocycles. The summed E-state index contributed by atoms with van der Waals surface area (Å²) in [5, 5.41) is 3.21. The van der Waals surface area contributed by atoms with E-state index >= 15 is 0 Å². The van der Waals surface area contributed by atoms with Crippen molar-refractivity contribution in [1.82, 2.24) is 10.2 Å². The Hall–Kier alpha value is -0.720. The third-order valence-electron chi connectivity index (χ3n) is 4.86. The normalized spacial score (nSPS) is 34.8. The van der Waals surface area contributed by atoms with Crippen LogP contribution in [0.15, 0.2) is 0 Å². The fourth-order valence-corrected chi connectivity index (χ4v) is 3.65. The summed E-state index contributed by atoms with van der Waals surface area (Å²) in [7, 11) is 0. The minimum atomic E-state index is -0.0327. The maximum atomic E-state index is 12.5. The first-order valence-electron chi connectivity index (χ1n) is 7.85. The lowest BCUT2D eigenvalue weighted by molar-refractivity contribution is -0.128. The molecule has 6 heteroatoms. The van der Waals surface area contributed by atoms with Crippen LogP contribution in [0.25, 0.3) is 0 Å². The van der Waals surface area contributed by atoms with E-state index in [9.17, 15) is 4.79 Å². The molecular formula is C15H27N3O2S. The van der Waals surface area contributed by atoms with E-state index in [4.69, 9.17) is 22.7 Å².